The van der Waals surface area contributed by atoms with E-state index in [0.717, 1.165) is 36.6 Å². The van der Waals surface area contributed by atoms with E-state index >= 15 is 0 Å². The molecule has 41 heavy (non-hydrogen) atoms. The number of ether oxygens (including phenoxy) is 3. The minimum Gasteiger partial charge on any atom is -0.465 e. The fourth-order valence-corrected chi connectivity index (χ4v) is 6.75. The van der Waals surface area contributed by atoms with Gasteiger partial charge in [0.25, 0.3) is 0 Å². The van der Waals surface area contributed by atoms with Gasteiger partial charge in [0, 0.05) is 30.6 Å². The summed E-state index contributed by atoms with van der Waals surface area (Å²) in [5, 5.41) is 13.1. The molecule has 0 spiro atoms. The molecule has 3 heterocycles. The van der Waals surface area contributed by atoms with Crippen LogP contribution >= 0.6 is 11.8 Å². The predicted molar refractivity (Wildman–Crippen MR) is 147 cm³/mol. The Kier molecular flexibility index (Phi) is 7.62. The molecule has 2 aliphatic carbocycles. The number of carbonyl (C=O) groups is 1. The monoisotopic (exact) mass is 588 g/mol. The fraction of sp³-hybridized carbons (Fsp3) is 0.607. The van der Waals surface area contributed by atoms with Crippen molar-refractivity contribution >= 4 is 34.7 Å². The number of unbranched alkanes of at least 4 members (excludes halogenated alkanes) is 1. The van der Waals surface area contributed by atoms with E-state index in [1.807, 2.05) is 13.8 Å². The molecule has 3 aromatic rings. The van der Waals surface area contributed by atoms with E-state index in [1.54, 1.807) is 22.5 Å². The van der Waals surface area contributed by atoms with E-state index < -0.39 is 17.4 Å². The maximum absolute atomic E-state index is 13.9. The lowest BCUT2D eigenvalue weighted by Gasteiger charge is -2.23. The Morgan fingerprint density at radius 3 is 2.76 bits per heavy atom. The Labute approximate surface area is 240 Å². The van der Waals surface area contributed by atoms with Gasteiger partial charge in [-0.15, -0.1) is 5.10 Å². The van der Waals surface area contributed by atoms with Gasteiger partial charge in [0.1, 0.15) is 6.10 Å². The first-order valence-electron chi connectivity index (χ1n) is 14.1. The molecule has 6 rings (SSSR count). The van der Waals surface area contributed by atoms with Gasteiger partial charge in [-0.2, -0.15) is 0 Å². The lowest BCUT2D eigenvalue weighted by Crippen LogP contribution is -2.29. The van der Waals surface area contributed by atoms with Crippen LogP contribution in [0.15, 0.2) is 23.4 Å². The first-order chi connectivity index (χ1) is 19.6. The third-order valence-corrected chi connectivity index (χ3v) is 8.82. The summed E-state index contributed by atoms with van der Waals surface area (Å²) in [6.45, 7) is 7.50. The molecule has 1 aliphatic heterocycles. The number of benzene rings is 1. The van der Waals surface area contributed by atoms with Crippen molar-refractivity contribution in [2.45, 2.75) is 94.5 Å². The minimum absolute atomic E-state index is 0.00654. The lowest BCUT2D eigenvalue weighted by molar-refractivity contribution is -0.164. The highest BCUT2D eigenvalue weighted by Crippen LogP contribution is 2.48. The highest BCUT2D eigenvalue weighted by Gasteiger charge is 2.55. The van der Waals surface area contributed by atoms with Crippen LogP contribution in [0.2, 0.25) is 0 Å². The molecule has 2 saturated carbocycles. The van der Waals surface area contributed by atoms with Crippen molar-refractivity contribution in [1.29, 1.82) is 0 Å². The Morgan fingerprint density at radius 2 is 2.00 bits per heavy atom. The number of aromatic nitrogens is 5. The normalized spacial score (nSPS) is 28.1. The quantitative estimate of drug-likeness (QED) is 0.150. The number of esters is 1. The second-order valence-electron chi connectivity index (χ2n) is 11.5. The first-order valence-corrected chi connectivity index (χ1v) is 15.1. The van der Waals surface area contributed by atoms with Gasteiger partial charge in [-0.25, -0.2) is 23.4 Å². The van der Waals surface area contributed by atoms with Gasteiger partial charge in [-0.05, 0) is 50.8 Å². The average Bonchev–Trinajstić information content (AvgIpc) is 3.25. The zero-order chi connectivity index (χ0) is 28.9. The summed E-state index contributed by atoms with van der Waals surface area (Å²) < 4.78 is 47.0. The van der Waals surface area contributed by atoms with E-state index in [1.165, 1.54) is 13.0 Å². The van der Waals surface area contributed by atoms with E-state index in [4.69, 9.17) is 24.2 Å². The van der Waals surface area contributed by atoms with E-state index in [2.05, 4.69) is 22.6 Å². The summed E-state index contributed by atoms with van der Waals surface area (Å²) in [5.74, 6) is -1.44. The van der Waals surface area contributed by atoms with Gasteiger partial charge >= 0.3 is 5.97 Å². The molecule has 1 saturated heterocycles. The number of carbonyl (C=O) groups excluding carboxylic acids is 1. The summed E-state index contributed by atoms with van der Waals surface area (Å²) in [6.07, 6.45) is 2.86. The van der Waals surface area contributed by atoms with Gasteiger partial charge in [-0.3, -0.25) is 4.79 Å². The molecule has 0 bridgehead atoms. The molecule has 3 aliphatic rings. The molecule has 6 atom stereocenters. The van der Waals surface area contributed by atoms with E-state index in [-0.39, 0.29) is 48.7 Å². The van der Waals surface area contributed by atoms with Crippen LogP contribution in [0.5, 0.6) is 0 Å². The number of hydrogen-bond donors (Lipinski definition) is 1. The molecular formula is C28H34F2N6O4S. The van der Waals surface area contributed by atoms with Crippen LogP contribution in [0.3, 0.4) is 0 Å². The number of nitrogens with one attached hydrogen (secondary N) is 1. The molecule has 3 fully saturated rings. The molecule has 10 nitrogen and oxygen atoms in total. The molecule has 0 amide bonds. The summed E-state index contributed by atoms with van der Waals surface area (Å²) in [4.78, 5) is 21.2. The number of fused-ring (bicyclic) bond motifs is 2. The largest absolute Gasteiger partial charge is 0.465 e. The van der Waals surface area contributed by atoms with Crippen molar-refractivity contribution in [2.75, 3.05) is 17.7 Å². The van der Waals surface area contributed by atoms with Crippen molar-refractivity contribution in [1.82, 2.24) is 25.0 Å². The van der Waals surface area contributed by atoms with Crippen LogP contribution < -0.4 is 5.32 Å². The number of halogens is 2. The molecule has 1 aromatic carbocycles. The van der Waals surface area contributed by atoms with Gasteiger partial charge in [0.15, 0.2) is 39.6 Å². The zero-order valence-corrected chi connectivity index (χ0v) is 24.3. The second kappa shape index (κ2) is 11.1. The molecular weight excluding hydrogens is 554 g/mol. The summed E-state index contributed by atoms with van der Waals surface area (Å²) in [6, 6.07) is 3.80. The van der Waals surface area contributed by atoms with Crippen molar-refractivity contribution < 1.29 is 27.8 Å². The Bertz CT molecular complexity index is 1450. The van der Waals surface area contributed by atoms with Crippen LogP contribution in [-0.2, 0) is 19.0 Å². The molecule has 13 heteroatoms. The lowest BCUT2D eigenvalue weighted by atomic mass is 10.1. The highest BCUT2D eigenvalue weighted by atomic mass is 32.2. The number of nitrogens with zero attached hydrogens (tertiary/aromatic N) is 5. The van der Waals surface area contributed by atoms with Crippen LogP contribution in [0.25, 0.3) is 11.2 Å². The van der Waals surface area contributed by atoms with Crippen LogP contribution in [-0.4, -0.2) is 67.3 Å². The summed E-state index contributed by atoms with van der Waals surface area (Å²) in [5.41, 5.74) is 1.85. The SMILES string of the molecule is CCCCSc1nc(N[C@@H]2C[C@H]2c2ccc(F)c(F)c2)c2nnn([C@H]3C[C@@H](COC(C)=O)[C@@H]4OC(C)(C)O[C@@H]43)c2n1. The van der Waals surface area contributed by atoms with E-state index in [9.17, 15) is 13.6 Å². The van der Waals surface area contributed by atoms with Crippen LogP contribution in [0.1, 0.15) is 70.9 Å². The van der Waals surface area contributed by atoms with Crippen LogP contribution in [0.4, 0.5) is 14.6 Å². The maximum Gasteiger partial charge on any atom is 0.302 e. The third-order valence-electron chi connectivity index (χ3n) is 7.88. The Hall–Kier alpha value is -2.90. The number of thioether (sulfide) groups is 1. The minimum atomic E-state index is -0.856. The van der Waals surface area contributed by atoms with Crippen LogP contribution in [0, 0.1) is 17.6 Å². The van der Waals surface area contributed by atoms with Crippen molar-refractivity contribution in [2.24, 2.45) is 5.92 Å². The van der Waals surface area contributed by atoms with Crippen molar-refractivity contribution in [3.63, 3.8) is 0 Å². The van der Waals surface area contributed by atoms with Gasteiger partial charge in [0.2, 0.25) is 0 Å². The third kappa shape index (κ3) is 5.76. The second-order valence-corrected chi connectivity index (χ2v) is 12.5. The maximum atomic E-state index is 13.9. The number of hydrogen-bond acceptors (Lipinski definition) is 10. The van der Waals surface area contributed by atoms with Gasteiger partial charge in [0.05, 0.1) is 18.8 Å². The predicted octanol–water partition coefficient (Wildman–Crippen LogP) is 5.00. The number of anilines is 1. The fourth-order valence-electron chi connectivity index (χ4n) is 5.83. The van der Waals surface area contributed by atoms with Gasteiger partial charge < -0.3 is 19.5 Å². The average molecular weight is 589 g/mol. The Morgan fingerprint density at radius 1 is 1.20 bits per heavy atom. The highest BCUT2D eigenvalue weighted by molar-refractivity contribution is 7.99. The molecule has 220 valence electrons. The van der Waals surface area contributed by atoms with Gasteiger partial charge in [-0.1, -0.05) is 36.4 Å². The first kappa shape index (κ1) is 28.2. The topological polar surface area (TPSA) is 113 Å². The smallest absolute Gasteiger partial charge is 0.302 e. The van der Waals surface area contributed by atoms with Crippen molar-refractivity contribution in [3.8, 4) is 0 Å². The van der Waals surface area contributed by atoms with Crippen molar-refractivity contribution in [3.05, 3.63) is 35.4 Å². The Balaban J connectivity index is 1.31. The molecule has 1 N–H and O–H groups in total. The molecule has 2 aromatic heterocycles. The molecule has 0 unspecified atom stereocenters. The molecule has 0 radical (unpaired) electrons. The zero-order valence-electron chi connectivity index (χ0n) is 23.5. The van der Waals surface area contributed by atoms with E-state index in [0.29, 0.717) is 28.6 Å². The summed E-state index contributed by atoms with van der Waals surface area (Å²) >= 11 is 1.57. The summed E-state index contributed by atoms with van der Waals surface area (Å²) in [7, 11) is 0. The number of rotatable bonds is 10. The standard InChI is InChI=1S/C28H34F2N6O4S/c1-5-6-9-41-27-32-25(31-20-12-17(20)15-7-8-18(29)19(30)10-15)22-26(33-27)36(35-34-22)21-11-16(13-38-14(2)37)23-24(21)40-28(3,4)39-23/h7-8,10,16-17,20-21,23-24H,5-6,9,11-13H2,1-4H3,(H,31,32,33)/t16-,17-,20+,21-,23-,24+/m0/s1.